The summed E-state index contributed by atoms with van der Waals surface area (Å²) in [5.74, 6) is 0.124. The summed E-state index contributed by atoms with van der Waals surface area (Å²) in [7, 11) is 0. The predicted octanol–water partition coefficient (Wildman–Crippen LogP) is 4.19. The van der Waals surface area contributed by atoms with Gasteiger partial charge in [-0.05, 0) is 55.9 Å². The van der Waals surface area contributed by atoms with Gasteiger partial charge in [0.25, 0.3) is 5.91 Å². The van der Waals surface area contributed by atoms with Crippen molar-refractivity contribution < 1.29 is 14.3 Å². The second kappa shape index (κ2) is 10.1. The Bertz CT molecular complexity index is 783. The van der Waals surface area contributed by atoms with Gasteiger partial charge in [-0.25, -0.2) is 0 Å². The molecule has 0 radical (unpaired) electrons. The molecule has 0 heterocycles. The van der Waals surface area contributed by atoms with Gasteiger partial charge in [-0.2, -0.15) is 0 Å². The maximum absolute atomic E-state index is 12.5. The average Bonchev–Trinajstić information content (AvgIpc) is 2.62. The fraction of sp³-hybridized carbons (Fsp3) is 0.263. The number of ether oxygens (including phenoxy) is 2. The molecule has 1 amide bonds. The molecule has 0 aliphatic heterocycles. The first-order chi connectivity index (χ1) is 12.5. The van der Waals surface area contributed by atoms with E-state index in [-0.39, 0.29) is 11.0 Å². The van der Waals surface area contributed by atoms with E-state index in [1.165, 1.54) is 0 Å². The number of thiocarbonyl (C=S) groups is 1. The maximum Gasteiger partial charge on any atom is 0.261 e. The van der Waals surface area contributed by atoms with Gasteiger partial charge in [-0.3, -0.25) is 10.1 Å². The lowest BCUT2D eigenvalue weighted by Gasteiger charge is -2.13. The SMILES string of the molecule is CCOCCOc1ccccc1C(=O)NC(=S)Nc1ccc(C)c(Cl)c1. The number of para-hydroxylation sites is 1. The average molecular weight is 393 g/mol. The van der Waals surface area contributed by atoms with E-state index in [0.29, 0.717) is 41.8 Å². The topological polar surface area (TPSA) is 59.6 Å². The third kappa shape index (κ3) is 5.98. The van der Waals surface area contributed by atoms with Crippen molar-refractivity contribution in [1.82, 2.24) is 5.32 Å². The van der Waals surface area contributed by atoms with Crippen molar-refractivity contribution >= 4 is 40.5 Å². The lowest BCUT2D eigenvalue weighted by Crippen LogP contribution is -2.34. The van der Waals surface area contributed by atoms with Crippen LogP contribution in [0.1, 0.15) is 22.8 Å². The number of rotatable bonds is 7. The largest absolute Gasteiger partial charge is 0.490 e. The number of carbonyl (C=O) groups excluding carboxylic acids is 1. The lowest BCUT2D eigenvalue weighted by molar-refractivity contribution is 0.0958. The molecular formula is C19H21ClN2O3S. The van der Waals surface area contributed by atoms with Gasteiger partial charge in [0.2, 0.25) is 0 Å². The molecule has 26 heavy (non-hydrogen) atoms. The highest BCUT2D eigenvalue weighted by atomic mass is 35.5. The van der Waals surface area contributed by atoms with Gasteiger partial charge in [0.15, 0.2) is 5.11 Å². The molecule has 0 atom stereocenters. The minimum absolute atomic E-state index is 0.180. The van der Waals surface area contributed by atoms with Gasteiger partial charge < -0.3 is 14.8 Å². The summed E-state index contributed by atoms with van der Waals surface area (Å²) in [6, 6.07) is 12.4. The molecule has 0 aromatic heterocycles. The Morgan fingerprint density at radius 3 is 2.69 bits per heavy atom. The molecule has 2 aromatic carbocycles. The van der Waals surface area contributed by atoms with Crippen molar-refractivity contribution in [3.8, 4) is 5.75 Å². The van der Waals surface area contributed by atoms with E-state index in [1.807, 2.05) is 26.0 Å². The highest BCUT2D eigenvalue weighted by Crippen LogP contribution is 2.20. The molecule has 0 bridgehead atoms. The van der Waals surface area contributed by atoms with Crippen LogP contribution in [-0.4, -0.2) is 30.8 Å². The van der Waals surface area contributed by atoms with Gasteiger partial charge in [0.1, 0.15) is 12.4 Å². The number of hydrogen-bond donors (Lipinski definition) is 2. The molecule has 2 N–H and O–H groups in total. The van der Waals surface area contributed by atoms with Crippen LogP contribution in [-0.2, 0) is 4.74 Å². The Hall–Kier alpha value is -2.15. The molecule has 7 heteroatoms. The number of carbonyl (C=O) groups is 1. The Labute approximate surface area is 163 Å². The van der Waals surface area contributed by atoms with Crippen molar-refractivity contribution in [2.24, 2.45) is 0 Å². The zero-order valence-corrected chi connectivity index (χ0v) is 16.2. The molecule has 0 unspecified atom stereocenters. The number of nitrogens with one attached hydrogen (secondary N) is 2. The number of anilines is 1. The van der Waals surface area contributed by atoms with E-state index in [4.69, 9.17) is 33.3 Å². The van der Waals surface area contributed by atoms with E-state index >= 15 is 0 Å². The summed E-state index contributed by atoms with van der Waals surface area (Å²) in [6.45, 7) is 5.27. The van der Waals surface area contributed by atoms with Crippen LogP contribution >= 0.6 is 23.8 Å². The van der Waals surface area contributed by atoms with Gasteiger partial charge in [0, 0.05) is 17.3 Å². The van der Waals surface area contributed by atoms with Gasteiger partial charge in [-0.15, -0.1) is 0 Å². The van der Waals surface area contributed by atoms with Crippen LogP contribution in [0.3, 0.4) is 0 Å². The number of halogens is 1. The van der Waals surface area contributed by atoms with Crippen LogP contribution in [0.4, 0.5) is 5.69 Å². The van der Waals surface area contributed by atoms with Gasteiger partial charge >= 0.3 is 0 Å². The zero-order chi connectivity index (χ0) is 18.9. The first-order valence-electron chi connectivity index (χ1n) is 8.19. The van der Waals surface area contributed by atoms with E-state index < -0.39 is 0 Å². The third-order valence-corrected chi connectivity index (χ3v) is 4.09. The Balaban J connectivity index is 1.98. The fourth-order valence-corrected chi connectivity index (χ4v) is 2.53. The summed E-state index contributed by atoms with van der Waals surface area (Å²) >= 11 is 11.3. The van der Waals surface area contributed by atoms with Crippen molar-refractivity contribution in [2.45, 2.75) is 13.8 Å². The highest BCUT2D eigenvalue weighted by Gasteiger charge is 2.13. The Morgan fingerprint density at radius 1 is 1.19 bits per heavy atom. The summed E-state index contributed by atoms with van der Waals surface area (Å²) in [5, 5.41) is 6.39. The summed E-state index contributed by atoms with van der Waals surface area (Å²) in [6.07, 6.45) is 0. The monoisotopic (exact) mass is 392 g/mol. The van der Waals surface area contributed by atoms with E-state index in [9.17, 15) is 4.79 Å². The smallest absolute Gasteiger partial charge is 0.261 e. The summed E-state index contributed by atoms with van der Waals surface area (Å²) in [5.41, 5.74) is 2.06. The second-order valence-corrected chi connectivity index (χ2v) is 6.23. The van der Waals surface area contributed by atoms with Crippen LogP contribution in [0.25, 0.3) is 0 Å². The number of hydrogen-bond acceptors (Lipinski definition) is 4. The lowest BCUT2D eigenvalue weighted by atomic mass is 10.2. The van der Waals surface area contributed by atoms with E-state index in [0.717, 1.165) is 5.56 Å². The van der Waals surface area contributed by atoms with Crippen LogP contribution < -0.4 is 15.4 Å². The molecule has 0 spiro atoms. The van der Waals surface area contributed by atoms with Crippen molar-refractivity contribution in [1.29, 1.82) is 0 Å². The summed E-state index contributed by atoms with van der Waals surface area (Å²) < 4.78 is 10.9. The van der Waals surface area contributed by atoms with Gasteiger partial charge in [-0.1, -0.05) is 29.8 Å². The minimum Gasteiger partial charge on any atom is -0.490 e. The number of benzene rings is 2. The molecule has 0 aliphatic rings. The minimum atomic E-state index is -0.354. The molecule has 0 fully saturated rings. The molecular weight excluding hydrogens is 372 g/mol. The van der Waals surface area contributed by atoms with Crippen molar-refractivity contribution in [3.05, 3.63) is 58.6 Å². The van der Waals surface area contributed by atoms with Crippen molar-refractivity contribution in [3.63, 3.8) is 0 Å². The van der Waals surface area contributed by atoms with E-state index in [1.54, 1.807) is 30.3 Å². The zero-order valence-electron chi connectivity index (χ0n) is 14.7. The van der Waals surface area contributed by atoms with Crippen LogP contribution in [0.2, 0.25) is 5.02 Å². The molecule has 2 rings (SSSR count). The first kappa shape index (κ1) is 20.2. The quantitative estimate of drug-likeness (QED) is 0.546. The van der Waals surface area contributed by atoms with Gasteiger partial charge in [0.05, 0.1) is 12.2 Å². The molecule has 0 saturated carbocycles. The Morgan fingerprint density at radius 2 is 1.96 bits per heavy atom. The van der Waals surface area contributed by atoms with Crippen LogP contribution in [0.5, 0.6) is 5.75 Å². The molecule has 138 valence electrons. The van der Waals surface area contributed by atoms with Crippen molar-refractivity contribution in [2.75, 3.05) is 25.1 Å². The summed E-state index contributed by atoms with van der Waals surface area (Å²) in [4.78, 5) is 12.5. The number of amides is 1. The second-order valence-electron chi connectivity index (χ2n) is 5.41. The maximum atomic E-state index is 12.5. The third-order valence-electron chi connectivity index (χ3n) is 3.48. The first-order valence-corrected chi connectivity index (χ1v) is 8.98. The van der Waals surface area contributed by atoms with Crippen LogP contribution in [0, 0.1) is 6.92 Å². The molecule has 0 saturated heterocycles. The van der Waals surface area contributed by atoms with Crippen LogP contribution in [0.15, 0.2) is 42.5 Å². The molecule has 2 aromatic rings. The molecule has 5 nitrogen and oxygen atoms in total. The number of aryl methyl sites for hydroxylation is 1. The standard InChI is InChI=1S/C19H21ClN2O3S/c1-3-24-10-11-25-17-7-5-4-6-15(17)18(23)22-19(26)21-14-9-8-13(2)16(20)12-14/h4-9,12H,3,10-11H2,1-2H3,(H2,21,22,23,26). The predicted molar refractivity (Wildman–Crippen MR) is 108 cm³/mol. The molecule has 0 aliphatic carbocycles. The normalized spacial score (nSPS) is 10.3. The Kier molecular flexibility index (Phi) is 7.84. The van der Waals surface area contributed by atoms with E-state index in [2.05, 4.69) is 10.6 Å². The fourth-order valence-electron chi connectivity index (χ4n) is 2.14. The highest BCUT2D eigenvalue weighted by molar-refractivity contribution is 7.80.